The van der Waals surface area contributed by atoms with Gasteiger partial charge in [0.1, 0.15) is 0 Å². The molecule has 1 saturated carbocycles. The monoisotopic (exact) mass is 145 g/mol. The van der Waals surface area contributed by atoms with Crippen molar-refractivity contribution in [2.45, 2.75) is 37.9 Å². The average Bonchev–Trinajstić information content (AvgIpc) is 1.90. The van der Waals surface area contributed by atoms with Gasteiger partial charge in [0.2, 0.25) is 0 Å². The summed E-state index contributed by atoms with van der Waals surface area (Å²) in [6.45, 7) is 2.33. The molecule has 1 aliphatic rings. The molecule has 1 fully saturated rings. The van der Waals surface area contributed by atoms with E-state index >= 15 is 0 Å². The van der Waals surface area contributed by atoms with Crippen molar-refractivity contribution in [1.29, 1.82) is 0 Å². The molecule has 1 nitrogen and oxygen atoms in total. The van der Waals surface area contributed by atoms with Crippen LogP contribution < -0.4 is 5.14 Å². The van der Waals surface area contributed by atoms with Crippen molar-refractivity contribution in [2.75, 3.05) is 0 Å². The van der Waals surface area contributed by atoms with E-state index in [2.05, 4.69) is 6.92 Å². The lowest BCUT2D eigenvalue weighted by Gasteiger charge is -2.23. The Morgan fingerprint density at radius 3 is 2.22 bits per heavy atom. The van der Waals surface area contributed by atoms with Crippen LogP contribution in [0, 0.1) is 5.92 Å². The SMILES string of the molecule is CC1CCC(SN)CC1. The summed E-state index contributed by atoms with van der Waals surface area (Å²) in [5, 5.41) is 6.23. The Morgan fingerprint density at radius 2 is 1.78 bits per heavy atom. The van der Waals surface area contributed by atoms with E-state index < -0.39 is 0 Å². The molecule has 0 atom stereocenters. The highest BCUT2D eigenvalue weighted by Gasteiger charge is 2.16. The van der Waals surface area contributed by atoms with E-state index in [-0.39, 0.29) is 0 Å². The fourth-order valence-electron chi connectivity index (χ4n) is 1.37. The van der Waals surface area contributed by atoms with Crippen LogP contribution in [-0.4, -0.2) is 5.25 Å². The van der Waals surface area contributed by atoms with E-state index in [9.17, 15) is 0 Å². The fraction of sp³-hybridized carbons (Fsp3) is 1.00. The zero-order valence-electron chi connectivity index (χ0n) is 5.97. The number of rotatable bonds is 1. The van der Waals surface area contributed by atoms with E-state index in [1.165, 1.54) is 25.7 Å². The third-order valence-electron chi connectivity index (χ3n) is 2.16. The molecular weight excluding hydrogens is 130 g/mol. The molecule has 1 aliphatic carbocycles. The van der Waals surface area contributed by atoms with Gasteiger partial charge in [0.25, 0.3) is 0 Å². The van der Waals surface area contributed by atoms with E-state index in [1.54, 1.807) is 11.9 Å². The van der Waals surface area contributed by atoms with Crippen molar-refractivity contribution in [1.82, 2.24) is 0 Å². The Balaban J connectivity index is 2.18. The maximum Gasteiger partial charge on any atom is 0.0191 e. The van der Waals surface area contributed by atoms with Gasteiger partial charge < -0.3 is 0 Å². The quantitative estimate of drug-likeness (QED) is 0.572. The Bertz CT molecular complexity index is 77.0. The molecule has 0 aromatic heterocycles. The molecule has 0 spiro atoms. The van der Waals surface area contributed by atoms with Gasteiger partial charge in [-0.25, -0.2) is 0 Å². The molecule has 0 heterocycles. The first kappa shape index (κ1) is 7.42. The molecule has 2 heteroatoms. The molecule has 0 saturated heterocycles. The van der Waals surface area contributed by atoms with Gasteiger partial charge >= 0.3 is 0 Å². The van der Waals surface area contributed by atoms with E-state index in [1.807, 2.05) is 0 Å². The summed E-state index contributed by atoms with van der Waals surface area (Å²) >= 11 is 1.55. The summed E-state index contributed by atoms with van der Waals surface area (Å²) in [6.07, 6.45) is 5.44. The van der Waals surface area contributed by atoms with Crippen LogP contribution >= 0.6 is 11.9 Å². The molecule has 0 unspecified atom stereocenters. The lowest BCUT2D eigenvalue weighted by Crippen LogP contribution is -2.15. The predicted molar refractivity (Wildman–Crippen MR) is 43.2 cm³/mol. The van der Waals surface area contributed by atoms with Gasteiger partial charge in [-0.3, -0.25) is 5.14 Å². The summed E-state index contributed by atoms with van der Waals surface area (Å²) in [6, 6.07) is 0. The topological polar surface area (TPSA) is 26.0 Å². The highest BCUT2D eigenvalue weighted by atomic mass is 32.2. The van der Waals surface area contributed by atoms with Crippen LogP contribution in [0.25, 0.3) is 0 Å². The van der Waals surface area contributed by atoms with Gasteiger partial charge in [0.15, 0.2) is 0 Å². The summed E-state index contributed by atoms with van der Waals surface area (Å²) in [5.41, 5.74) is 0. The van der Waals surface area contributed by atoms with Crippen LogP contribution in [-0.2, 0) is 0 Å². The van der Waals surface area contributed by atoms with Crippen molar-refractivity contribution in [2.24, 2.45) is 11.1 Å². The second-order valence-corrected chi connectivity index (χ2v) is 3.96. The summed E-state index contributed by atoms with van der Waals surface area (Å²) in [4.78, 5) is 0. The van der Waals surface area contributed by atoms with Gasteiger partial charge in [-0.2, -0.15) is 0 Å². The second kappa shape index (κ2) is 3.47. The number of hydrogen-bond acceptors (Lipinski definition) is 2. The van der Waals surface area contributed by atoms with Crippen LogP contribution in [0.15, 0.2) is 0 Å². The molecule has 0 amide bonds. The maximum absolute atomic E-state index is 5.47. The molecular formula is C7H15NS. The molecule has 1 rings (SSSR count). The van der Waals surface area contributed by atoms with E-state index in [4.69, 9.17) is 5.14 Å². The first-order chi connectivity index (χ1) is 4.33. The van der Waals surface area contributed by atoms with Gasteiger partial charge in [-0.15, -0.1) is 0 Å². The van der Waals surface area contributed by atoms with Crippen molar-refractivity contribution in [3.05, 3.63) is 0 Å². The molecule has 0 radical (unpaired) electrons. The molecule has 2 N–H and O–H groups in total. The zero-order chi connectivity index (χ0) is 6.69. The number of nitrogens with two attached hydrogens (primary N) is 1. The molecule has 0 aliphatic heterocycles. The number of hydrogen-bond donors (Lipinski definition) is 1. The highest BCUT2D eigenvalue weighted by molar-refractivity contribution is 7.97. The minimum absolute atomic E-state index is 0.765. The minimum Gasteiger partial charge on any atom is -0.278 e. The zero-order valence-corrected chi connectivity index (χ0v) is 6.79. The Kier molecular flexibility index (Phi) is 2.86. The molecule has 0 aromatic carbocycles. The standard InChI is InChI=1S/C7H15NS/c1-6-2-4-7(9-8)5-3-6/h6-7H,2-5,8H2,1H3. The Hall–Kier alpha value is 0.310. The fourth-order valence-corrected chi connectivity index (χ4v) is 1.91. The lowest BCUT2D eigenvalue weighted by atomic mass is 9.91. The van der Waals surface area contributed by atoms with E-state index in [0.29, 0.717) is 0 Å². The third kappa shape index (κ3) is 2.18. The Labute approximate surface area is 61.5 Å². The molecule has 54 valence electrons. The second-order valence-electron chi connectivity index (χ2n) is 3.02. The highest BCUT2D eigenvalue weighted by Crippen LogP contribution is 2.28. The van der Waals surface area contributed by atoms with Crippen LogP contribution in [0.4, 0.5) is 0 Å². The Morgan fingerprint density at radius 1 is 1.22 bits per heavy atom. The summed E-state index contributed by atoms with van der Waals surface area (Å²) in [5.74, 6) is 0.952. The molecule has 0 aromatic rings. The maximum atomic E-state index is 5.47. The van der Waals surface area contributed by atoms with Crippen LogP contribution in [0.3, 0.4) is 0 Å². The van der Waals surface area contributed by atoms with Crippen molar-refractivity contribution < 1.29 is 0 Å². The van der Waals surface area contributed by atoms with Gasteiger partial charge in [-0.05, 0) is 31.6 Å². The van der Waals surface area contributed by atoms with Crippen molar-refractivity contribution in [3.8, 4) is 0 Å². The molecule has 0 bridgehead atoms. The lowest BCUT2D eigenvalue weighted by molar-refractivity contribution is 0.393. The minimum atomic E-state index is 0.765. The predicted octanol–water partition coefficient (Wildman–Crippen LogP) is 2.17. The molecule has 9 heavy (non-hydrogen) atoms. The van der Waals surface area contributed by atoms with Crippen LogP contribution in [0.5, 0.6) is 0 Å². The van der Waals surface area contributed by atoms with E-state index in [0.717, 1.165) is 11.2 Å². The van der Waals surface area contributed by atoms with Gasteiger partial charge in [0.05, 0.1) is 0 Å². The van der Waals surface area contributed by atoms with Crippen molar-refractivity contribution >= 4 is 11.9 Å². The summed E-state index contributed by atoms with van der Waals surface area (Å²) in [7, 11) is 0. The summed E-state index contributed by atoms with van der Waals surface area (Å²) < 4.78 is 0. The first-order valence-electron chi connectivity index (χ1n) is 3.68. The van der Waals surface area contributed by atoms with Gasteiger partial charge in [-0.1, -0.05) is 18.9 Å². The average molecular weight is 145 g/mol. The first-order valence-corrected chi connectivity index (χ1v) is 4.62. The normalized spacial score (nSPS) is 36.7. The smallest absolute Gasteiger partial charge is 0.0191 e. The van der Waals surface area contributed by atoms with Crippen LogP contribution in [0.2, 0.25) is 0 Å². The largest absolute Gasteiger partial charge is 0.278 e. The van der Waals surface area contributed by atoms with Gasteiger partial charge in [0, 0.05) is 5.25 Å². The van der Waals surface area contributed by atoms with Crippen molar-refractivity contribution in [3.63, 3.8) is 0 Å². The third-order valence-corrected chi connectivity index (χ3v) is 3.01. The van der Waals surface area contributed by atoms with Crippen LogP contribution in [0.1, 0.15) is 32.6 Å².